The van der Waals surface area contributed by atoms with Crippen molar-refractivity contribution < 1.29 is 19.1 Å². The summed E-state index contributed by atoms with van der Waals surface area (Å²) in [6, 6.07) is 7.28. The fourth-order valence-corrected chi connectivity index (χ4v) is 3.16. The van der Waals surface area contributed by atoms with Crippen molar-refractivity contribution >= 4 is 29.5 Å². The summed E-state index contributed by atoms with van der Waals surface area (Å²) >= 11 is 0. The molecule has 0 aliphatic carbocycles. The molecule has 2 heterocycles. The van der Waals surface area contributed by atoms with Gasteiger partial charge in [-0.3, -0.25) is 4.79 Å². The van der Waals surface area contributed by atoms with Crippen molar-refractivity contribution in [2.75, 3.05) is 55.5 Å². The molecule has 1 aromatic carbocycles. The van der Waals surface area contributed by atoms with E-state index in [2.05, 4.69) is 20.6 Å². The number of benzene rings is 1. The normalized spacial score (nSPS) is 14.4. The SMILES string of the molecule is CCNc1ncc2c(n1)N(C)CCN(c1cccc(OC(C)COC(=O)NC)c1)C2=O. The van der Waals surface area contributed by atoms with Gasteiger partial charge in [0, 0.05) is 51.7 Å². The Labute approximate surface area is 181 Å². The minimum Gasteiger partial charge on any atom is -0.487 e. The second-order valence-electron chi connectivity index (χ2n) is 7.11. The molecule has 2 aromatic rings. The smallest absolute Gasteiger partial charge is 0.406 e. The van der Waals surface area contributed by atoms with E-state index in [4.69, 9.17) is 9.47 Å². The molecule has 10 heteroatoms. The fourth-order valence-electron chi connectivity index (χ4n) is 3.16. The van der Waals surface area contributed by atoms with Gasteiger partial charge in [-0.25, -0.2) is 9.78 Å². The minimum absolute atomic E-state index is 0.107. The van der Waals surface area contributed by atoms with Crippen molar-refractivity contribution in [1.82, 2.24) is 15.3 Å². The Morgan fingerprint density at radius 3 is 2.87 bits per heavy atom. The number of fused-ring (bicyclic) bond motifs is 1. The molecule has 0 fully saturated rings. The number of alkyl carbamates (subject to hydrolysis) is 1. The second-order valence-corrected chi connectivity index (χ2v) is 7.11. The zero-order valence-corrected chi connectivity index (χ0v) is 18.2. The lowest BCUT2D eigenvalue weighted by molar-refractivity contribution is 0.0914. The molecule has 2 N–H and O–H groups in total. The molecule has 3 rings (SSSR count). The third-order valence-corrected chi connectivity index (χ3v) is 4.72. The van der Waals surface area contributed by atoms with Crippen LogP contribution in [0.25, 0.3) is 0 Å². The lowest BCUT2D eigenvalue weighted by atomic mass is 10.2. The highest BCUT2D eigenvalue weighted by Gasteiger charge is 2.28. The van der Waals surface area contributed by atoms with Gasteiger partial charge in [-0.05, 0) is 26.0 Å². The first-order valence-electron chi connectivity index (χ1n) is 10.2. The van der Waals surface area contributed by atoms with Crippen LogP contribution in [0.5, 0.6) is 5.75 Å². The number of amides is 2. The summed E-state index contributed by atoms with van der Waals surface area (Å²) in [5.41, 5.74) is 1.15. The summed E-state index contributed by atoms with van der Waals surface area (Å²) in [5.74, 6) is 1.51. The molecular formula is C21H28N6O4. The van der Waals surface area contributed by atoms with E-state index >= 15 is 0 Å². The van der Waals surface area contributed by atoms with Crippen LogP contribution in [0, 0.1) is 0 Å². The lowest BCUT2D eigenvalue weighted by Gasteiger charge is -2.22. The topological polar surface area (TPSA) is 109 Å². The van der Waals surface area contributed by atoms with Gasteiger partial charge in [0.05, 0.1) is 0 Å². The summed E-state index contributed by atoms with van der Waals surface area (Å²) < 4.78 is 10.9. The molecule has 10 nitrogen and oxygen atoms in total. The number of rotatable bonds is 7. The number of likely N-dealkylation sites (N-methyl/N-ethyl adjacent to an activating group) is 1. The van der Waals surface area contributed by atoms with Crippen molar-refractivity contribution in [3.05, 3.63) is 36.0 Å². The quantitative estimate of drug-likeness (QED) is 0.690. The van der Waals surface area contributed by atoms with E-state index in [-0.39, 0.29) is 18.6 Å². The Morgan fingerprint density at radius 2 is 2.13 bits per heavy atom. The summed E-state index contributed by atoms with van der Waals surface area (Å²) in [5, 5.41) is 5.47. The maximum absolute atomic E-state index is 13.3. The van der Waals surface area contributed by atoms with E-state index < -0.39 is 6.09 Å². The second kappa shape index (κ2) is 9.96. The van der Waals surface area contributed by atoms with E-state index in [0.29, 0.717) is 48.4 Å². The summed E-state index contributed by atoms with van der Waals surface area (Å²) in [7, 11) is 3.41. The number of nitrogens with one attached hydrogen (secondary N) is 2. The van der Waals surface area contributed by atoms with Gasteiger partial charge < -0.3 is 29.9 Å². The van der Waals surface area contributed by atoms with Crippen LogP contribution in [0.1, 0.15) is 24.2 Å². The van der Waals surface area contributed by atoms with Gasteiger partial charge in [0.1, 0.15) is 29.8 Å². The number of nitrogens with zero attached hydrogens (tertiary/aromatic N) is 4. The Kier molecular flexibility index (Phi) is 7.11. The standard InChI is InChI=1S/C21H28N6O4/c1-5-23-20-24-12-17-18(25-20)26(4)9-10-27(19(17)28)15-7-6-8-16(11-15)31-14(2)13-30-21(29)22-3/h6-8,11-12,14H,5,9-10,13H2,1-4H3,(H,22,29)(H,23,24,25). The zero-order chi connectivity index (χ0) is 22.4. The van der Waals surface area contributed by atoms with E-state index in [1.54, 1.807) is 30.2 Å². The number of carbonyl (C=O) groups is 2. The Morgan fingerprint density at radius 1 is 1.32 bits per heavy atom. The molecule has 0 saturated carbocycles. The average molecular weight is 428 g/mol. The van der Waals surface area contributed by atoms with Crippen LogP contribution in [0.4, 0.5) is 22.2 Å². The molecule has 2 amide bonds. The van der Waals surface area contributed by atoms with Crippen LogP contribution in [0.2, 0.25) is 0 Å². The molecule has 166 valence electrons. The lowest BCUT2D eigenvalue weighted by Crippen LogP contribution is -2.33. The first-order valence-corrected chi connectivity index (χ1v) is 10.2. The van der Waals surface area contributed by atoms with E-state index in [1.807, 2.05) is 31.0 Å². The van der Waals surface area contributed by atoms with Gasteiger partial charge >= 0.3 is 6.09 Å². The van der Waals surface area contributed by atoms with Gasteiger partial charge in [-0.1, -0.05) is 6.07 Å². The Hall–Kier alpha value is -3.56. The first-order chi connectivity index (χ1) is 14.9. The third kappa shape index (κ3) is 5.33. The maximum Gasteiger partial charge on any atom is 0.406 e. The van der Waals surface area contributed by atoms with Gasteiger partial charge in [0.2, 0.25) is 5.95 Å². The van der Waals surface area contributed by atoms with Crippen LogP contribution < -0.4 is 25.2 Å². The molecule has 0 spiro atoms. The van der Waals surface area contributed by atoms with Crippen LogP contribution in [-0.4, -0.2) is 68.4 Å². The molecule has 0 saturated heterocycles. The molecule has 1 aliphatic heterocycles. The molecule has 1 atom stereocenters. The van der Waals surface area contributed by atoms with Crippen molar-refractivity contribution in [1.29, 1.82) is 0 Å². The van der Waals surface area contributed by atoms with Crippen molar-refractivity contribution in [2.24, 2.45) is 0 Å². The summed E-state index contributed by atoms with van der Waals surface area (Å²) in [6.45, 7) is 5.67. The van der Waals surface area contributed by atoms with E-state index in [0.717, 1.165) is 0 Å². The van der Waals surface area contributed by atoms with Gasteiger partial charge in [0.25, 0.3) is 5.91 Å². The highest BCUT2D eigenvalue weighted by molar-refractivity contribution is 6.09. The van der Waals surface area contributed by atoms with Crippen LogP contribution in [-0.2, 0) is 4.74 Å². The van der Waals surface area contributed by atoms with Crippen molar-refractivity contribution in [3.63, 3.8) is 0 Å². The highest BCUT2D eigenvalue weighted by atomic mass is 16.6. The van der Waals surface area contributed by atoms with Gasteiger partial charge in [0.15, 0.2) is 0 Å². The summed E-state index contributed by atoms with van der Waals surface area (Å²) in [6.07, 6.45) is 0.703. The van der Waals surface area contributed by atoms with E-state index in [9.17, 15) is 9.59 Å². The molecular weight excluding hydrogens is 400 g/mol. The number of hydrogen-bond donors (Lipinski definition) is 2. The Bertz CT molecular complexity index is 938. The number of anilines is 3. The maximum atomic E-state index is 13.3. The monoisotopic (exact) mass is 428 g/mol. The predicted octanol–water partition coefficient (Wildman–Crippen LogP) is 2.13. The largest absolute Gasteiger partial charge is 0.487 e. The number of aromatic nitrogens is 2. The highest BCUT2D eigenvalue weighted by Crippen LogP contribution is 2.28. The van der Waals surface area contributed by atoms with Crippen LogP contribution in [0.15, 0.2) is 30.5 Å². The molecule has 31 heavy (non-hydrogen) atoms. The van der Waals surface area contributed by atoms with Crippen LogP contribution >= 0.6 is 0 Å². The molecule has 1 unspecified atom stereocenters. The van der Waals surface area contributed by atoms with E-state index in [1.165, 1.54) is 7.05 Å². The molecule has 1 aromatic heterocycles. The van der Waals surface area contributed by atoms with Crippen molar-refractivity contribution in [3.8, 4) is 5.75 Å². The zero-order valence-electron chi connectivity index (χ0n) is 18.2. The summed E-state index contributed by atoms with van der Waals surface area (Å²) in [4.78, 5) is 36.9. The first kappa shape index (κ1) is 22.1. The number of ether oxygens (including phenoxy) is 2. The Balaban J connectivity index is 1.79. The molecule has 0 bridgehead atoms. The van der Waals surface area contributed by atoms with Crippen LogP contribution in [0.3, 0.4) is 0 Å². The minimum atomic E-state index is -0.512. The van der Waals surface area contributed by atoms with Gasteiger partial charge in [-0.15, -0.1) is 0 Å². The fraction of sp³-hybridized carbons (Fsp3) is 0.429. The average Bonchev–Trinajstić information content (AvgIpc) is 2.89. The molecule has 1 aliphatic rings. The predicted molar refractivity (Wildman–Crippen MR) is 118 cm³/mol. The van der Waals surface area contributed by atoms with Gasteiger partial charge in [-0.2, -0.15) is 4.98 Å². The number of hydrogen-bond acceptors (Lipinski definition) is 8. The van der Waals surface area contributed by atoms with Crippen molar-refractivity contribution in [2.45, 2.75) is 20.0 Å². The molecule has 0 radical (unpaired) electrons. The third-order valence-electron chi connectivity index (χ3n) is 4.72. The number of carbonyl (C=O) groups excluding carboxylic acids is 2.